The van der Waals surface area contributed by atoms with Gasteiger partial charge in [-0.3, -0.25) is 14.4 Å². The summed E-state index contributed by atoms with van der Waals surface area (Å²) in [6.07, 6.45) is 76.6. The third kappa shape index (κ3) is 58.0. The highest BCUT2D eigenvalue weighted by Gasteiger charge is 2.19. The number of carbonyl (C=O) groups is 3. The van der Waals surface area contributed by atoms with Crippen molar-refractivity contribution in [1.29, 1.82) is 0 Å². The fourth-order valence-corrected chi connectivity index (χ4v) is 8.98. The monoisotopic (exact) mass is 1010 g/mol. The Labute approximate surface area is 447 Å². The van der Waals surface area contributed by atoms with Crippen LogP contribution in [0.3, 0.4) is 0 Å². The minimum absolute atomic E-state index is 0.0782. The molecule has 1 unspecified atom stereocenters. The van der Waals surface area contributed by atoms with Crippen molar-refractivity contribution in [2.45, 2.75) is 329 Å². The fraction of sp³-hybridized carbons (Fsp3) is 0.803. The normalized spacial score (nSPS) is 12.4. The van der Waals surface area contributed by atoms with Gasteiger partial charge >= 0.3 is 17.9 Å². The van der Waals surface area contributed by atoms with Gasteiger partial charge in [-0.2, -0.15) is 0 Å². The van der Waals surface area contributed by atoms with E-state index in [1.165, 1.54) is 193 Å². The summed E-state index contributed by atoms with van der Waals surface area (Å²) < 4.78 is 16.9. The van der Waals surface area contributed by atoms with E-state index in [1.807, 2.05) is 0 Å². The van der Waals surface area contributed by atoms with Gasteiger partial charge in [0, 0.05) is 19.3 Å². The zero-order chi connectivity index (χ0) is 52.2. The summed E-state index contributed by atoms with van der Waals surface area (Å²) in [7, 11) is 0. The first-order valence-corrected chi connectivity index (χ1v) is 31.3. The molecule has 0 saturated carbocycles. The molecule has 0 radical (unpaired) electrons. The molecule has 0 fully saturated rings. The standard InChI is InChI=1S/C66H118O6/c1-4-7-10-13-16-19-22-24-26-28-29-30-31-32-33-34-35-36-37-39-40-42-44-47-50-53-56-59-65(68)71-62-63(61-70-64(67)58-55-52-49-46-21-18-15-12-9-6-3)72-66(69)60-57-54-51-48-45-43-41-38-27-25-23-20-17-14-11-8-5-2/h12,15,17,20,22,24-25,27-29,63H,4-11,13-14,16,18-19,21,23,26,30-62H2,1-3H3/b15-12-,20-17-,24-22-,27-25-,29-28-. The molecule has 6 nitrogen and oxygen atoms in total. The van der Waals surface area contributed by atoms with Crippen LogP contribution in [0.1, 0.15) is 323 Å². The average Bonchev–Trinajstić information content (AvgIpc) is 3.38. The number of allylic oxidation sites excluding steroid dienone is 10. The Morgan fingerprint density at radius 3 is 0.861 bits per heavy atom. The average molecular weight is 1010 g/mol. The summed E-state index contributed by atoms with van der Waals surface area (Å²) in [6.45, 7) is 6.56. The van der Waals surface area contributed by atoms with Crippen molar-refractivity contribution >= 4 is 17.9 Å². The molecule has 0 aromatic heterocycles. The van der Waals surface area contributed by atoms with Crippen molar-refractivity contribution in [3.8, 4) is 0 Å². The molecule has 0 amide bonds. The molecule has 0 aliphatic carbocycles. The van der Waals surface area contributed by atoms with Gasteiger partial charge in [-0.05, 0) is 103 Å². The molecule has 0 heterocycles. The predicted molar refractivity (Wildman–Crippen MR) is 312 cm³/mol. The third-order valence-electron chi connectivity index (χ3n) is 13.7. The fourth-order valence-electron chi connectivity index (χ4n) is 8.98. The molecule has 0 spiro atoms. The van der Waals surface area contributed by atoms with Gasteiger partial charge in [0.15, 0.2) is 6.10 Å². The van der Waals surface area contributed by atoms with Gasteiger partial charge in [-0.25, -0.2) is 0 Å². The van der Waals surface area contributed by atoms with Crippen molar-refractivity contribution in [3.63, 3.8) is 0 Å². The minimum Gasteiger partial charge on any atom is -0.462 e. The first-order valence-electron chi connectivity index (χ1n) is 31.3. The lowest BCUT2D eigenvalue weighted by atomic mass is 10.0. The molecule has 0 aromatic rings. The summed E-state index contributed by atoms with van der Waals surface area (Å²) in [6, 6.07) is 0. The molecule has 418 valence electrons. The predicted octanol–water partition coefficient (Wildman–Crippen LogP) is 21.2. The van der Waals surface area contributed by atoms with Gasteiger partial charge < -0.3 is 14.2 Å². The van der Waals surface area contributed by atoms with Gasteiger partial charge in [0.2, 0.25) is 0 Å². The van der Waals surface area contributed by atoms with Crippen LogP contribution in [-0.2, 0) is 28.6 Å². The van der Waals surface area contributed by atoms with E-state index in [4.69, 9.17) is 14.2 Å². The largest absolute Gasteiger partial charge is 0.462 e. The second kappa shape index (κ2) is 60.7. The van der Waals surface area contributed by atoms with Crippen LogP contribution in [0.5, 0.6) is 0 Å². The van der Waals surface area contributed by atoms with Crippen LogP contribution < -0.4 is 0 Å². The first kappa shape index (κ1) is 69.1. The maximum Gasteiger partial charge on any atom is 0.306 e. The zero-order valence-electron chi connectivity index (χ0n) is 47.9. The third-order valence-corrected chi connectivity index (χ3v) is 13.7. The van der Waals surface area contributed by atoms with E-state index in [9.17, 15) is 14.4 Å². The Morgan fingerprint density at radius 1 is 0.278 bits per heavy atom. The van der Waals surface area contributed by atoms with Gasteiger partial charge in [-0.15, -0.1) is 0 Å². The Hall–Kier alpha value is -2.89. The lowest BCUT2D eigenvalue weighted by Crippen LogP contribution is -2.30. The van der Waals surface area contributed by atoms with Gasteiger partial charge in [0.1, 0.15) is 13.2 Å². The highest BCUT2D eigenvalue weighted by atomic mass is 16.6. The lowest BCUT2D eigenvalue weighted by Gasteiger charge is -2.18. The number of hydrogen-bond donors (Lipinski definition) is 0. The Morgan fingerprint density at radius 2 is 0.528 bits per heavy atom. The minimum atomic E-state index is -0.781. The summed E-state index contributed by atoms with van der Waals surface area (Å²) >= 11 is 0. The molecule has 0 saturated heterocycles. The summed E-state index contributed by atoms with van der Waals surface area (Å²) in [5, 5.41) is 0. The summed E-state index contributed by atoms with van der Waals surface area (Å²) in [5.41, 5.74) is 0. The molecule has 0 aromatic carbocycles. The number of carbonyl (C=O) groups excluding carboxylic acids is 3. The van der Waals surface area contributed by atoms with Gasteiger partial charge in [-0.1, -0.05) is 261 Å². The highest BCUT2D eigenvalue weighted by Crippen LogP contribution is 2.16. The molecule has 72 heavy (non-hydrogen) atoms. The van der Waals surface area contributed by atoms with E-state index in [1.54, 1.807) is 0 Å². The van der Waals surface area contributed by atoms with Crippen molar-refractivity contribution in [1.82, 2.24) is 0 Å². The summed E-state index contributed by atoms with van der Waals surface area (Å²) in [4.78, 5) is 38.1. The highest BCUT2D eigenvalue weighted by molar-refractivity contribution is 5.71. The van der Waals surface area contributed by atoms with Crippen molar-refractivity contribution < 1.29 is 28.6 Å². The van der Waals surface area contributed by atoms with Crippen LogP contribution in [0.4, 0.5) is 0 Å². The van der Waals surface area contributed by atoms with Crippen molar-refractivity contribution in [3.05, 3.63) is 60.8 Å². The summed E-state index contributed by atoms with van der Waals surface area (Å²) in [5.74, 6) is -0.885. The molecular formula is C66H118O6. The van der Waals surface area contributed by atoms with Gasteiger partial charge in [0.25, 0.3) is 0 Å². The molecule has 0 bridgehead atoms. The molecule has 0 N–H and O–H groups in total. The van der Waals surface area contributed by atoms with Crippen LogP contribution in [0.15, 0.2) is 60.8 Å². The molecular weight excluding hydrogens is 889 g/mol. The van der Waals surface area contributed by atoms with Gasteiger partial charge in [0.05, 0.1) is 0 Å². The number of unbranched alkanes of at least 4 members (excludes halogenated alkanes) is 36. The van der Waals surface area contributed by atoms with Crippen LogP contribution >= 0.6 is 0 Å². The second-order valence-corrected chi connectivity index (χ2v) is 21.0. The molecule has 6 heteroatoms. The first-order chi connectivity index (χ1) is 35.5. The van der Waals surface area contributed by atoms with Crippen LogP contribution in [-0.4, -0.2) is 37.2 Å². The maximum absolute atomic E-state index is 12.9. The van der Waals surface area contributed by atoms with E-state index in [-0.39, 0.29) is 31.1 Å². The number of rotatable bonds is 57. The Kier molecular flexibility index (Phi) is 58.2. The van der Waals surface area contributed by atoms with Crippen molar-refractivity contribution in [2.75, 3.05) is 13.2 Å². The topological polar surface area (TPSA) is 78.9 Å². The van der Waals surface area contributed by atoms with E-state index in [0.29, 0.717) is 19.3 Å². The smallest absolute Gasteiger partial charge is 0.306 e. The number of esters is 3. The number of ether oxygens (including phenoxy) is 3. The molecule has 1 atom stereocenters. The number of hydrogen-bond acceptors (Lipinski definition) is 6. The van der Waals surface area contributed by atoms with E-state index < -0.39 is 6.10 Å². The second-order valence-electron chi connectivity index (χ2n) is 21.0. The quantitative estimate of drug-likeness (QED) is 0.0261. The van der Waals surface area contributed by atoms with Crippen molar-refractivity contribution in [2.24, 2.45) is 0 Å². The van der Waals surface area contributed by atoms with Crippen LogP contribution in [0, 0.1) is 0 Å². The molecule has 0 aliphatic rings. The van der Waals surface area contributed by atoms with E-state index in [0.717, 1.165) is 89.9 Å². The zero-order valence-corrected chi connectivity index (χ0v) is 47.9. The maximum atomic E-state index is 12.9. The van der Waals surface area contributed by atoms with E-state index >= 15 is 0 Å². The van der Waals surface area contributed by atoms with Crippen LogP contribution in [0.2, 0.25) is 0 Å². The lowest BCUT2D eigenvalue weighted by molar-refractivity contribution is -0.167. The Balaban J connectivity index is 4.19. The van der Waals surface area contributed by atoms with Crippen LogP contribution in [0.25, 0.3) is 0 Å². The Bertz CT molecular complexity index is 1290. The SMILES string of the molecule is CCC/C=C\CCCCCCCC(=O)OCC(COC(=O)CCCCCCCCCCCCCCCCC/C=C\C/C=C\CCCCCCC)OC(=O)CCCCCCCCC/C=C\C/C=C\CCCCC. The van der Waals surface area contributed by atoms with E-state index in [2.05, 4.69) is 81.5 Å². The molecule has 0 rings (SSSR count). The molecule has 0 aliphatic heterocycles.